The Balaban J connectivity index is 2.00. The molecule has 2 aromatic rings. The van der Waals surface area contributed by atoms with Gasteiger partial charge in [-0.25, -0.2) is 0 Å². The first kappa shape index (κ1) is 21.0. The summed E-state index contributed by atoms with van der Waals surface area (Å²) in [7, 11) is -1.85. The zero-order valence-electron chi connectivity index (χ0n) is 17.4. The van der Waals surface area contributed by atoms with E-state index < -0.39 is 8.32 Å². The van der Waals surface area contributed by atoms with E-state index in [-0.39, 0.29) is 16.7 Å². The van der Waals surface area contributed by atoms with E-state index in [0.29, 0.717) is 23.2 Å². The summed E-state index contributed by atoms with van der Waals surface area (Å²) in [4.78, 5) is 12.4. The lowest BCUT2D eigenvalue weighted by molar-refractivity contribution is 0.0950. The molecule has 0 aromatic heterocycles. The van der Waals surface area contributed by atoms with Crippen molar-refractivity contribution in [2.75, 3.05) is 0 Å². The normalized spacial score (nSPS) is 12.0. The molecule has 2 aromatic carbocycles. The third kappa shape index (κ3) is 5.13. The van der Waals surface area contributed by atoms with Crippen LogP contribution in [0.2, 0.25) is 18.1 Å². The first-order valence-corrected chi connectivity index (χ1v) is 12.2. The van der Waals surface area contributed by atoms with Crippen molar-refractivity contribution in [2.45, 2.75) is 59.3 Å². The summed E-state index contributed by atoms with van der Waals surface area (Å²) in [5.41, 5.74) is 2.97. The second-order valence-electron chi connectivity index (χ2n) is 8.65. The fourth-order valence-corrected chi connectivity index (χ4v) is 3.53. The summed E-state index contributed by atoms with van der Waals surface area (Å²) in [5, 5.41) is 12.9. The van der Waals surface area contributed by atoms with Gasteiger partial charge in [-0.3, -0.25) is 4.79 Å². The molecule has 2 rings (SSSR count). The third-order valence-corrected chi connectivity index (χ3v) is 9.67. The van der Waals surface area contributed by atoms with Crippen molar-refractivity contribution < 1.29 is 14.3 Å². The fourth-order valence-electron chi connectivity index (χ4n) is 2.49. The van der Waals surface area contributed by atoms with Gasteiger partial charge in [0.2, 0.25) is 8.32 Å². The standard InChI is InChI=1S/C22H31NO3Si/c1-15-12-18(13-16(2)20(15)24)21(25)23-14-17-8-10-19(11-9-17)26-27(6,7)22(3,4)5/h8-13,24H,14H2,1-7H3,(H,23,25). The van der Waals surface area contributed by atoms with Crippen LogP contribution in [0.1, 0.15) is 47.8 Å². The minimum Gasteiger partial charge on any atom is -0.544 e. The quantitative estimate of drug-likeness (QED) is 0.685. The minimum atomic E-state index is -1.85. The topological polar surface area (TPSA) is 58.6 Å². The lowest BCUT2D eigenvalue weighted by Crippen LogP contribution is -2.43. The first-order chi connectivity index (χ1) is 12.4. The van der Waals surface area contributed by atoms with E-state index in [1.54, 1.807) is 26.0 Å². The zero-order valence-corrected chi connectivity index (χ0v) is 18.4. The number of carbonyl (C=O) groups excluding carboxylic acids is 1. The molecule has 0 bridgehead atoms. The molecular formula is C22H31NO3Si. The zero-order chi connectivity index (χ0) is 20.4. The van der Waals surface area contributed by atoms with Crippen molar-refractivity contribution in [1.29, 1.82) is 0 Å². The van der Waals surface area contributed by atoms with Gasteiger partial charge in [0.15, 0.2) is 0 Å². The molecule has 1 amide bonds. The van der Waals surface area contributed by atoms with Crippen LogP contribution in [-0.4, -0.2) is 19.3 Å². The van der Waals surface area contributed by atoms with E-state index in [4.69, 9.17) is 4.43 Å². The Morgan fingerprint density at radius 3 is 2.07 bits per heavy atom. The largest absolute Gasteiger partial charge is 0.544 e. The second-order valence-corrected chi connectivity index (χ2v) is 13.4. The molecule has 27 heavy (non-hydrogen) atoms. The number of hydrogen-bond donors (Lipinski definition) is 2. The van der Waals surface area contributed by atoms with E-state index in [9.17, 15) is 9.90 Å². The molecule has 0 spiro atoms. The monoisotopic (exact) mass is 385 g/mol. The van der Waals surface area contributed by atoms with Gasteiger partial charge in [-0.2, -0.15) is 0 Å². The average Bonchev–Trinajstić information content (AvgIpc) is 2.57. The Morgan fingerprint density at radius 1 is 1.07 bits per heavy atom. The molecule has 0 unspecified atom stereocenters. The number of amides is 1. The van der Waals surface area contributed by atoms with Gasteiger partial charge < -0.3 is 14.8 Å². The van der Waals surface area contributed by atoms with Crippen molar-refractivity contribution in [3.8, 4) is 11.5 Å². The first-order valence-electron chi connectivity index (χ1n) is 9.27. The van der Waals surface area contributed by atoms with Crippen LogP contribution in [0, 0.1) is 13.8 Å². The molecule has 5 heteroatoms. The molecule has 2 N–H and O–H groups in total. The average molecular weight is 386 g/mol. The van der Waals surface area contributed by atoms with E-state index in [2.05, 4.69) is 39.2 Å². The highest BCUT2D eigenvalue weighted by atomic mass is 28.4. The molecule has 0 radical (unpaired) electrons. The molecule has 0 fully saturated rings. The highest BCUT2D eigenvalue weighted by molar-refractivity contribution is 6.74. The predicted octanol–water partition coefficient (Wildman–Crippen LogP) is 5.32. The van der Waals surface area contributed by atoms with E-state index in [0.717, 1.165) is 11.3 Å². The minimum absolute atomic E-state index is 0.150. The van der Waals surface area contributed by atoms with Crippen LogP contribution < -0.4 is 9.74 Å². The maximum Gasteiger partial charge on any atom is 0.251 e. The SMILES string of the molecule is Cc1cc(C(=O)NCc2ccc(O[Si](C)(C)C(C)(C)C)cc2)cc(C)c1O. The van der Waals surface area contributed by atoms with Gasteiger partial charge in [-0.05, 0) is 72.9 Å². The number of nitrogens with one attached hydrogen (secondary N) is 1. The van der Waals surface area contributed by atoms with E-state index in [1.165, 1.54) is 0 Å². The molecule has 0 atom stereocenters. The van der Waals surface area contributed by atoms with E-state index >= 15 is 0 Å². The van der Waals surface area contributed by atoms with Crippen LogP contribution in [0.15, 0.2) is 36.4 Å². The fraction of sp³-hybridized carbons (Fsp3) is 0.409. The van der Waals surface area contributed by atoms with Crippen LogP contribution in [0.4, 0.5) is 0 Å². The number of aryl methyl sites for hydroxylation is 2. The Kier molecular flexibility index (Phi) is 6.05. The molecule has 0 saturated heterocycles. The number of phenols is 1. The number of rotatable bonds is 5. The van der Waals surface area contributed by atoms with Crippen molar-refractivity contribution in [3.63, 3.8) is 0 Å². The Hall–Kier alpha value is -2.27. The summed E-state index contributed by atoms with van der Waals surface area (Å²) in [6.07, 6.45) is 0. The van der Waals surface area contributed by atoms with Gasteiger partial charge in [-0.15, -0.1) is 0 Å². The summed E-state index contributed by atoms with van der Waals surface area (Å²) in [5.74, 6) is 0.966. The number of carbonyl (C=O) groups is 1. The Bertz CT molecular complexity index is 797. The molecule has 0 aliphatic rings. The maximum atomic E-state index is 12.4. The van der Waals surface area contributed by atoms with Crippen molar-refractivity contribution in [3.05, 3.63) is 58.7 Å². The van der Waals surface area contributed by atoms with Crippen molar-refractivity contribution in [2.24, 2.45) is 0 Å². The molecule has 4 nitrogen and oxygen atoms in total. The second kappa shape index (κ2) is 7.77. The van der Waals surface area contributed by atoms with Gasteiger partial charge in [0.1, 0.15) is 11.5 Å². The summed E-state index contributed by atoms with van der Waals surface area (Å²) >= 11 is 0. The molecule has 146 valence electrons. The molecule has 0 saturated carbocycles. The predicted molar refractivity (Wildman–Crippen MR) is 113 cm³/mol. The van der Waals surface area contributed by atoms with Gasteiger partial charge in [-0.1, -0.05) is 32.9 Å². The van der Waals surface area contributed by atoms with Crippen molar-refractivity contribution >= 4 is 14.2 Å². The summed E-state index contributed by atoms with van der Waals surface area (Å²) in [6, 6.07) is 11.3. The van der Waals surface area contributed by atoms with Gasteiger partial charge in [0.25, 0.3) is 5.91 Å². The van der Waals surface area contributed by atoms with Crippen LogP contribution >= 0.6 is 0 Å². The van der Waals surface area contributed by atoms with E-state index in [1.807, 2.05) is 24.3 Å². The molecule has 0 aliphatic carbocycles. The van der Waals surface area contributed by atoms with Gasteiger partial charge in [0.05, 0.1) is 0 Å². The lowest BCUT2D eigenvalue weighted by atomic mass is 10.1. The van der Waals surface area contributed by atoms with Crippen LogP contribution in [-0.2, 0) is 6.54 Å². The number of phenolic OH excluding ortho intramolecular Hbond substituents is 1. The number of benzene rings is 2. The Labute approximate surface area is 163 Å². The third-order valence-electron chi connectivity index (χ3n) is 5.31. The van der Waals surface area contributed by atoms with Crippen LogP contribution in [0.25, 0.3) is 0 Å². The van der Waals surface area contributed by atoms with Crippen molar-refractivity contribution in [1.82, 2.24) is 5.32 Å². The van der Waals surface area contributed by atoms with Gasteiger partial charge >= 0.3 is 0 Å². The highest BCUT2D eigenvalue weighted by Gasteiger charge is 2.38. The molecular weight excluding hydrogens is 354 g/mol. The smallest absolute Gasteiger partial charge is 0.251 e. The lowest BCUT2D eigenvalue weighted by Gasteiger charge is -2.36. The summed E-state index contributed by atoms with van der Waals surface area (Å²) in [6.45, 7) is 15.1. The highest BCUT2D eigenvalue weighted by Crippen LogP contribution is 2.37. The number of aromatic hydroxyl groups is 1. The van der Waals surface area contributed by atoms with Crippen LogP contribution in [0.5, 0.6) is 11.5 Å². The number of hydrogen-bond acceptors (Lipinski definition) is 3. The molecule has 0 aliphatic heterocycles. The van der Waals surface area contributed by atoms with Crippen LogP contribution in [0.3, 0.4) is 0 Å². The molecule has 0 heterocycles. The van der Waals surface area contributed by atoms with Gasteiger partial charge in [0, 0.05) is 12.1 Å². The maximum absolute atomic E-state index is 12.4. The summed E-state index contributed by atoms with van der Waals surface area (Å²) < 4.78 is 6.28. The Morgan fingerprint density at radius 2 is 1.59 bits per heavy atom.